The van der Waals surface area contributed by atoms with Crippen molar-refractivity contribution in [2.24, 2.45) is 0 Å². The molecule has 1 atom stereocenters. The predicted octanol–water partition coefficient (Wildman–Crippen LogP) is 2.25. The largest absolute Gasteiger partial charge is 0.485 e. The lowest BCUT2D eigenvalue weighted by atomic mass is 10.2. The van der Waals surface area contributed by atoms with Crippen molar-refractivity contribution in [1.82, 2.24) is 15.2 Å². The molecule has 7 heteroatoms. The summed E-state index contributed by atoms with van der Waals surface area (Å²) < 4.78 is 11.2. The van der Waals surface area contributed by atoms with Crippen LogP contribution in [0.25, 0.3) is 11.3 Å². The molecule has 2 aromatic heterocycles. The van der Waals surface area contributed by atoms with Crippen molar-refractivity contribution in [1.29, 1.82) is 0 Å². The van der Waals surface area contributed by atoms with Gasteiger partial charge in [-0.15, -0.1) is 0 Å². The monoisotopic (exact) mass is 322 g/mol. The highest BCUT2D eigenvalue weighted by atomic mass is 16.6. The van der Waals surface area contributed by atoms with Gasteiger partial charge in [0.25, 0.3) is 5.91 Å². The van der Waals surface area contributed by atoms with Crippen molar-refractivity contribution in [3.05, 3.63) is 55.0 Å². The molecule has 120 valence electrons. The number of para-hydroxylation sites is 2. The van der Waals surface area contributed by atoms with E-state index >= 15 is 0 Å². The highest BCUT2D eigenvalue weighted by Gasteiger charge is 2.27. The Hall–Kier alpha value is -3.35. The summed E-state index contributed by atoms with van der Waals surface area (Å²) in [6.45, 7) is 0.170. The molecular formula is C17H14N4O3. The van der Waals surface area contributed by atoms with Crippen molar-refractivity contribution in [2.75, 3.05) is 11.9 Å². The fourth-order valence-electron chi connectivity index (χ4n) is 2.40. The second-order valence-corrected chi connectivity index (χ2v) is 5.27. The molecule has 1 aliphatic heterocycles. The first-order valence-corrected chi connectivity index (χ1v) is 7.44. The van der Waals surface area contributed by atoms with Crippen molar-refractivity contribution in [2.45, 2.75) is 6.10 Å². The van der Waals surface area contributed by atoms with Crippen LogP contribution < -0.4 is 14.8 Å². The van der Waals surface area contributed by atoms with Crippen LogP contribution in [-0.2, 0) is 4.79 Å². The minimum atomic E-state index is -0.701. The van der Waals surface area contributed by atoms with Gasteiger partial charge in [-0.1, -0.05) is 12.1 Å². The SMILES string of the molecule is O=C(Nc1ccc(-c2cn[nH]c2)nc1)C1COc2ccccc2O1. The normalized spacial score (nSPS) is 15.8. The topological polar surface area (TPSA) is 89.1 Å². The second kappa shape index (κ2) is 6.04. The van der Waals surface area contributed by atoms with Crippen LogP contribution in [0.15, 0.2) is 55.0 Å². The van der Waals surface area contributed by atoms with Crippen LogP contribution in [0.2, 0.25) is 0 Å². The van der Waals surface area contributed by atoms with Crippen molar-refractivity contribution in [3.63, 3.8) is 0 Å². The summed E-state index contributed by atoms with van der Waals surface area (Å²) in [5.41, 5.74) is 2.25. The first kappa shape index (κ1) is 14.3. The number of carbonyl (C=O) groups is 1. The molecule has 0 radical (unpaired) electrons. The number of hydrogen-bond donors (Lipinski definition) is 2. The third-order valence-corrected chi connectivity index (χ3v) is 3.63. The molecule has 0 spiro atoms. The van der Waals surface area contributed by atoms with Gasteiger partial charge in [-0.3, -0.25) is 14.9 Å². The maximum absolute atomic E-state index is 12.3. The first-order chi connectivity index (χ1) is 11.8. The number of nitrogens with one attached hydrogen (secondary N) is 2. The van der Waals surface area contributed by atoms with E-state index in [1.54, 1.807) is 30.7 Å². The zero-order valence-corrected chi connectivity index (χ0v) is 12.6. The molecular weight excluding hydrogens is 308 g/mol. The number of nitrogens with zero attached hydrogens (tertiary/aromatic N) is 2. The summed E-state index contributed by atoms with van der Waals surface area (Å²) in [7, 11) is 0. The van der Waals surface area contributed by atoms with Gasteiger partial charge in [0.15, 0.2) is 11.5 Å². The lowest BCUT2D eigenvalue weighted by molar-refractivity contribution is -0.125. The maximum atomic E-state index is 12.3. The van der Waals surface area contributed by atoms with Crippen molar-refractivity contribution < 1.29 is 14.3 Å². The summed E-state index contributed by atoms with van der Waals surface area (Å²) in [6.07, 6.45) is 4.34. The zero-order chi connectivity index (χ0) is 16.4. The second-order valence-electron chi connectivity index (χ2n) is 5.27. The molecule has 24 heavy (non-hydrogen) atoms. The van der Waals surface area contributed by atoms with E-state index < -0.39 is 6.10 Å². The molecule has 0 aliphatic carbocycles. The Morgan fingerprint density at radius 2 is 2.04 bits per heavy atom. The van der Waals surface area contributed by atoms with Crippen LogP contribution in [0.1, 0.15) is 0 Å². The number of H-pyrrole nitrogens is 1. The van der Waals surface area contributed by atoms with Gasteiger partial charge < -0.3 is 14.8 Å². The molecule has 4 rings (SSSR count). The molecule has 7 nitrogen and oxygen atoms in total. The number of aromatic nitrogens is 3. The number of anilines is 1. The number of aromatic amines is 1. The lowest BCUT2D eigenvalue weighted by Crippen LogP contribution is -2.40. The Bertz CT molecular complexity index is 847. The average Bonchev–Trinajstić information content (AvgIpc) is 3.16. The summed E-state index contributed by atoms with van der Waals surface area (Å²) in [5, 5.41) is 9.40. The quantitative estimate of drug-likeness (QED) is 0.772. The molecule has 3 aromatic rings. The minimum absolute atomic E-state index is 0.170. The van der Waals surface area contributed by atoms with Gasteiger partial charge in [0.2, 0.25) is 6.10 Å². The fraction of sp³-hybridized carbons (Fsp3) is 0.118. The summed E-state index contributed by atoms with van der Waals surface area (Å²) in [5.74, 6) is 0.937. The predicted molar refractivity (Wildman–Crippen MR) is 86.8 cm³/mol. The van der Waals surface area contributed by atoms with Crippen LogP contribution in [0.3, 0.4) is 0 Å². The van der Waals surface area contributed by atoms with Gasteiger partial charge in [-0.25, -0.2) is 0 Å². The van der Waals surface area contributed by atoms with E-state index in [2.05, 4.69) is 20.5 Å². The standard InChI is InChI=1S/C17H14N4O3/c22-17(16-10-23-14-3-1-2-4-15(14)24-16)21-12-5-6-13(18-9-12)11-7-19-20-8-11/h1-9,16H,10H2,(H,19,20)(H,21,22). The summed E-state index contributed by atoms with van der Waals surface area (Å²) in [4.78, 5) is 16.6. The van der Waals surface area contributed by atoms with Crippen LogP contribution in [0, 0.1) is 0 Å². The van der Waals surface area contributed by atoms with Gasteiger partial charge in [0.1, 0.15) is 6.61 Å². The van der Waals surface area contributed by atoms with Gasteiger partial charge in [0, 0.05) is 11.8 Å². The molecule has 2 N–H and O–H groups in total. The van der Waals surface area contributed by atoms with Gasteiger partial charge in [0.05, 0.1) is 23.8 Å². The Kier molecular flexibility index (Phi) is 3.59. The van der Waals surface area contributed by atoms with E-state index in [0.717, 1.165) is 11.3 Å². The Labute approximate surface area is 137 Å². The van der Waals surface area contributed by atoms with Crippen molar-refractivity contribution >= 4 is 11.6 Å². The smallest absolute Gasteiger partial charge is 0.269 e. The molecule has 0 saturated heterocycles. The fourth-order valence-corrected chi connectivity index (χ4v) is 2.40. The summed E-state index contributed by atoms with van der Waals surface area (Å²) >= 11 is 0. The van der Waals surface area contributed by atoms with Crippen LogP contribution in [0.4, 0.5) is 5.69 Å². The zero-order valence-electron chi connectivity index (χ0n) is 12.6. The lowest BCUT2D eigenvalue weighted by Gasteiger charge is -2.25. The molecule has 1 aliphatic rings. The average molecular weight is 322 g/mol. The van der Waals surface area contributed by atoms with E-state index in [1.807, 2.05) is 24.3 Å². The highest BCUT2D eigenvalue weighted by Crippen LogP contribution is 2.31. The summed E-state index contributed by atoms with van der Waals surface area (Å²) in [6, 6.07) is 10.9. The molecule has 3 heterocycles. The van der Waals surface area contributed by atoms with Crippen LogP contribution in [-0.4, -0.2) is 33.8 Å². The minimum Gasteiger partial charge on any atom is -0.485 e. The molecule has 0 bridgehead atoms. The third-order valence-electron chi connectivity index (χ3n) is 3.63. The third kappa shape index (κ3) is 2.79. The van der Waals surface area contributed by atoms with Crippen LogP contribution >= 0.6 is 0 Å². The van der Waals surface area contributed by atoms with Gasteiger partial charge >= 0.3 is 0 Å². The molecule has 1 unspecified atom stereocenters. The number of pyridine rings is 1. The molecule has 0 saturated carbocycles. The number of hydrogen-bond acceptors (Lipinski definition) is 5. The molecule has 1 amide bonds. The van der Waals surface area contributed by atoms with E-state index in [1.165, 1.54) is 0 Å². The number of carbonyl (C=O) groups excluding carboxylic acids is 1. The first-order valence-electron chi connectivity index (χ1n) is 7.44. The molecule has 0 fully saturated rings. The Balaban J connectivity index is 1.43. The van der Waals surface area contributed by atoms with E-state index in [9.17, 15) is 4.79 Å². The highest BCUT2D eigenvalue weighted by molar-refractivity contribution is 5.94. The Morgan fingerprint density at radius 3 is 2.79 bits per heavy atom. The maximum Gasteiger partial charge on any atom is 0.269 e. The van der Waals surface area contributed by atoms with Gasteiger partial charge in [-0.2, -0.15) is 5.10 Å². The number of fused-ring (bicyclic) bond motifs is 1. The number of amides is 1. The number of benzene rings is 1. The van der Waals surface area contributed by atoms with Crippen molar-refractivity contribution in [3.8, 4) is 22.8 Å². The Morgan fingerprint density at radius 1 is 1.17 bits per heavy atom. The number of ether oxygens (including phenoxy) is 2. The van der Waals surface area contributed by atoms with E-state index in [4.69, 9.17) is 9.47 Å². The van der Waals surface area contributed by atoms with Crippen LogP contribution in [0.5, 0.6) is 11.5 Å². The molecule has 1 aromatic carbocycles. The number of rotatable bonds is 3. The van der Waals surface area contributed by atoms with Gasteiger partial charge in [-0.05, 0) is 24.3 Å². The van der Waals surface area contributed by atoms with E-state index in [0.29, 0.717) is 17.2 Å². The van der Waals surface area contributed by atoms with E-state index in [-0.39, 0.29) is 12.5 Å².